The number of hydrogen-bond acceptors (Lipinski definition) is 6. The smallest absolute Gasteiger partial charge is 0.407 e. The number of thioether (sulfide) groups is 1. The molecular formula is C19H22ClF2N3O3S. The van der Waals surface area contributed by atoms with Gasteiger partial charge < -0.3 is 14.8 Å². The Bertz CT molecular complexity index is 865. The van der Waals surface area contributed by atoms with E-state index in [-0.39, 0.29) is 34.1 Å². The number of hydrogen-bond donors (Lipinski definition) is 1. The van der Waals surface area contributed by atoms with Crippen LogP contribution in [0.3, 0.4) is 0 Å². The Morgan fingerprint density at radius 2 is 2.03 bits per heavy atom. The number of alkyl carbamates (subject to hydrolysis) is 1. The van der Waals surface area contributed by atoms with Crippen molar-refractivity contribution < 1.29 is 23.0 Å². The second-order valence-corrected chi connectivity index (χ2v) is 8.45. The van der Waals surface area contributed by atoms with Gasteiger partial charge in [0.05, 0.1) is 6.54 Å². The molecule has 0 unspecified atom stereocenters. The molecule has 1 amide bonds. The summed E-state index contributed by atoms with van der Waals surface area (Å²) >= 11 is 7.10. The molecule has 0 bridgehead atoms. The Morgan fingerprint density at radius 1 is 1.31 bits per heavy atom. The quantitative estimate of drug-likeness (QED) is 0.367. The zero-order valence-corrected chi connectivity index (χ0v) is 18.0. The lowest BCUT2D eigenvalue weighted by Crippen LogP contribution is -2.37. The molecule has 10 heteroatoms. The lowest BCUT2D eigenvalue weighted by atomic mass is 10.2. The molecule has 1 aromatic carbocycles. The van der Waals surface area contributed by atoms with Crippen LogP contribution >= 0.6 is 23.4 Å². The van der Waals surface area contributed by atoms with Crippen molar-refractivity contribution in [1.29, 1.82) is 0 Å². The number of ether oxygens (including phenoxy) is 2. The minimum atomic E-state index is -0.912. The van der Waals surface area contributed by atoms with E-state index in [0.29, 0.717) is 0 Å². The molecule has 0 saturated carbocycles. The second-order valence-electron chi connectivity index (χ2n) is 7.12. The Morgan fingerprint density at radius 3 is 2.72 bits per heavy atom. The van der Waals surface area contributed by atoms with Crippen LogP contribution in [0.4, 0.5) is 13.6 Å². The van der Waals surface area contributed by atoms with Crippen LogP contribution in [-0.2, 0) is 10.5 Å². The van der Waals surface area contributed by atoms with E-state index >= 15 is 0 Å². The largest absolute Gasteiger partial charge is 0.473 e. The fraction of sp³-hybridized carbons (Fsp3) is 0.421. The third-order valence-corrected chi connectivity index (χ3v) is 4.38. The summed E-state index contributed by atoms with van der Waals surface area (Å²) in [5.74, 6) is -1.49. The highest BCUT2D eigenvalue weighted by molar-refractivity contribution is 7.98. The van der Waals surface area contributed by atoms with Crippen LogP contribution < -0.4 is 10.1 Å². The van der Waals surface area contributed by atoms with Crippen molar-refractivity contribution >= 4 is 29.5 Å². The van der Waals surface area contributed by atoms with E-state index in [1.165, 1.54) is 18.2 Å². The SMILES string of the molecule is C[C@H](CNC(=O)OC(C)(C)C)Oc1cc(Cl)nc(SCc2cccc(F)c2F)n1. The van der Waals surface area contributed by atoms with Crippen LogP contribution in [0.1, 0.15) is 33.3 Å². The first-order valence-corrected chi connectivity index (χ1v) is 10.1. The van der Waals surface area contributed by atoms with Gasteiger partial charge in [0.25, 0.3) is 0 Å². The Hall–Kier alpha value is -2.13. The van der Waals surface area contributed by atoms with E-state index in [1.54, 1.807) is 27.7 Å². The standard InChI is InChI=1S/C19H22ClF2N3O3S/c1-11(9-23-18(26)28-19(2,3)4)27-15-8-14(20)24-17(25-15)29-10-12-6-5-7-13(21)16(12)22/h5-8,11H,9-10H2,1-4H3,(H,23,26)/t11-/m1/s1. The van der Waals surface area contributed by atoms with E-state index < -0.39 is 29.4 Å². The van der Waals surface area contributed by atoms with Crippen molar-refractivity contribution in [3.63, 3.8) is 0 Å². The molecule has 0 saturated heterocycles. The molecule has 158 valence electrons. The van der Waals surface area contributed by atoms with Gasteiger partial charge in [-0.25, -0.2) is 18.6 Å². The molecule has 0 aliphatic rings. The average molecular weight is 446 g/mol. The van der Waals surface area contributed by atoms with Gasteiger partial charge in [-0.3, -0.25) is 0 Å². The lowest BCUT2D eigenvalue weighted by Gasteiger charge is -2.21. The van der Waals surface area contributed by atoms with E-state index in [9.17, 15) is 13.6 Å². The number of benzene rings is 1. The van der Waals surface area contributed by atoms with Gasteiger partial charge in [-0.15, -0.1) is 0 Å². The van der Waals surface area contributed by atoms with Crippen LogP contribution in [-0.4, -0.2) is 34.3 Å². The van der Waals surface area contributed by atoms with Gasteiger partial charge in [0.2, 0.25) is 5.88 Å². The number of carbonyl (C=O) groups excluding carboxylic acids is 1. The number of aromatic nitrogens is 2. The van der Waals surface area contributed by atoms with Crippen molar-refractivity contribution in [2.45, 2.75) is 50.3 Å². The average Bonchev–Trinajstić information content (AvgIpc) is 2.59. The molecule has 2 rings (SSSR count). The van der Waals surface area contributed by atoms with Crippen molar-refractivity contribution in [3.8, 4) is 5.88 Å². The van der Waals surface area contributed by atoms with Crippen LogP contribution in [0, 0.1) is 11.6 Å². The summed E-state index contributed by atoms with van der Waals surface area (Å²) in [6.07, 6.45) is -0.978. The Kier molecular flexibility index (Phi) is 8.04. The number of nitrogens with zero attached hydrogens (tertiary/aromatic N) is 2. The second kappa shape index (κ2) is 10.1. The summed E-state index contributed by atoms with van der Waals surface area (Å²) in [7, 11) is 0. The zero-order valence-electron chi connectivity index (χ0n) is 16.5. The topological polar surface area (TPSA) is 73.3 Å². The molecule has 0 fully saturated rings. The van der Waals surface area contributed by atoms with E-state index in [2.05, 4.69) is 15.3 Å². The van der Waals surface area contributed by atoms with E-state index in [1.807, 2.05) is 0 Å². The van der Waals surface area contributed by atoms with Crippen molar-refractivity contribution in [3.05, 3.63) is 46.6 Å². The number of nitrogens with one attached hydrogen (secondary N) is 1. The Balaban J connectivity index is 1.94. The third-order valence-electron chi connectivity index (χ3n) is 3.29. The summed E-state index contributed by atoms with van der Waals surface area (Å²) in [6, 6.07) is 5.40. The van der Waals surface area contributed by atoms with E-state index in [4.69, 9.17) is 21.1 Å². The molecule has 2 aromatic rings. The van der Waals surface area contributed by atoms with Crippen LogP contribution in [0.15, 0.2) is 29.4 Å². The molecule has 0 radical (unpaired) electrons. The van der Waals surface area contributed by atoms with Gasteiger partial charge in [-0.05, 0) is 33.8 Å². The maximum absolute atomic E-state index is 13.8. The first-order chi connectivity index (χ1) is 13.5. The first kappa shape index (κ1) is 23.2. The molecule has 6 nitrogen and oxygen atoms in total. The predicted octanol–water partition coefficient (Wildman–Crippen LogP) is 4.99. The van der Waals surface area contributed by atoms with Crippen molar-refractivity contribution in [2.75, 3.05) is 6.54 Å². The number of halogens is 3. The van der Waals surface area contributed by atoms with Crippen LogP contribution in [0.2, 0.25) is 5.15 Å². The minimum absolute atomic E-state index is 0.124. The maximum Gasteiger partial charge on any atom is 0.407 e. The number of carbonyl (C=O) groups is 1. The molecule has 1 N–H and O–H groups in total. The predicted molar refractivity (Wildman–Crippen MR) is 107 cm³/mol. The molecule has 0 aliphatic heterocycles. The highest BCUT2D eigenvalue weighted by atomic mass is 35.5. The van der Waals surface area contributed by atoms with Gasteiger partial charge in [0.1, 0.15) is 16.9 Å². The summed E-state index contributed by atoms with van der Waals surface area (Å²) in [5, 5.41) is 3.00. The highest BCUT2D eigenvalue weighted by Crippen LogP contribution is 2.26. The lowest BCUT2D eigenvalue weighted by molar-refractivity contribution is 0.0503. The monoisotopic (exact) mass is 445 g/mol. The van der Waals surface area contributed by atoms with Gasteiger partial charge in [-0.1, -0.05) is 35.5 Å². The van der Waals surface area contributed by atoms with Gasteiger partial charge >= 0.3 is 6.09 Å². The highest BCUT2D eigenvalue weighted by Gasteiger charge is 2.17. The summed E-state index contributed by atoms with van der Waals surface area (Å²) in [5.41, 5.74) is -0.405. The van der Waals surface area contributed by atoms with E-state index in [0.717, 1.165) is 17.8 Å². The fourth-order valence-electron chi connectivity index (χ4n) is 2.09. The Labute approximate surface area is 177 Å². The van der Waals surface area contributed by atoms with Gasteiger partial charge in [0.15, 0.2) is 16.8 Å². The first-order valence-electron chi connectivity index (χ1n) is 8.77. The molecular weight excluding hydrogens is 424 g/mol. The third kappa shape index (κ3) is 8.02. The number of amides is 1. The molecule has 1 heterocycles. The molecule has 0 aliphatic carbocycles. The minimum Gasteiger partial charge on any atom is -0.473 e. The fourth-order valence-corrected chi connectivity index (χ4v) is 3.14. The molecule has 1 aromatic heterocycles. The number of rotatable bonds is 7. The molecule has 1 atom stereocenters. The van der Waals surface area contributed by atoms with Crippen molar-refractivity contribution in [1.82, 2.24) is 15.3 Å². The zero-order chi connectivity index (χ0) is 21.6. The molecule has 29 heavy (non-hydrogen) atoms. The summed E-state index contributed by atoms with van der Waals surface area (Å²) in [6.45, 7) is 7.23. The van der Waals surface area contributed by atoms with Crippen LogP contribution in [0.25, 0.3) is 0 Å². The maximum atomic E-state index is 13.8. The summed E-state index contributed by atoms with van der Waals surface area (Å²) in [4.78, 5) is 20.0. The summed E-state index contributed by atoms with van der Waals surface area (Å²) < 4.78 is 37.9. The van der Waals surface area contributed by atoms with Gasteiger partial charge in [0, 0.05) is 17.4 Å². The molecule has 0 spiro atoms. The van der Waals surface area contributed by atoms with Crippen LogP contribution in [0.5, 0.6) is 5.88 Å². The normalized spacial score (nSPS) is 12.4. The van der Waals surface area contributed by atoms with Crippen molar-refractivity contribution in [2.24, 2.45) is 0 Å². The van der Waals surface area contributed by atoms with Gasteiger partial charge in [-0.2, -0.15) is 4.98 Å².